The minimum absolute atomic E-state index is 0.0866. The van der Waals surface area contributed by atoms with Crippen molar-refractivity contribution in [2.75, 3.05) is 0 Å². The van der Waals surface area contributed by atoms with Gasteiger partial charge in [0, 0.05) is 38.8 Å². The van der Waals surface area contributed by atoms with Crippen molar-refractivity contribution in [3.8, 4) is 101 Å². The van der Waals surface area contributed by atoms with Crippen LogP contribution in [0.2, 0.25) is 0 Å². The molecule has 0 fully saturated rings. The molecule has 0 aliphatic heterocycles. The first-order chi connectivity index (χ1) is 30.9. The molecular formula is C58H41N5. The summed E-state index contributed by atoms with van der Waals surface area (Å²) in [5.41, 5.74) is 17.0. The Hall–Kier alpha value is -8.15. The SMILES string of the molecule is CC1(C)c2ccccc2-c2cc(-c3nc(-c4ccccc4)nc(-c4cccc(-c5cccc(-c6cc(-c7ccccc7)nc(-c7ccc(-c8ccccc8)cc7)n6)c5)c4)n3)ccc21. The zero-order chi connectivity index (χ0) is 42.3. The third kappa shape index (κ3) is 7.19. The van der Waals surface area contributed by atoms with E-state index in [0.717, 1.165) is 61.5 Å². The van der Waals surface area contributed by atoms with Gasteiger partial charge in [0.15, 0.2) is 23.3 Å². The molecule has 0 unspecified atom stereocenters. The quantitative estimate of drug-likeness (QED) is 0.153. The van der Waals surface area contributed by atoms with Crippen LogP contribution in [0.3, 0.4) is 0 Å². The second-order valence-electron chi connectivity index (χ2n) is 16.5. The summed E-state index contributed by atoms with van der Waals surface area (Å²) >= 11 is 0. The zero-order valence-corrected chi connectivity index (χ0v) is 34.9. The second-order valence-corrected chi connectivity index (χ2v) is 16.5. The third-order valence-corrected chi connectivity index (χ3v) is 12.2. The van der Waals surface area contributed by atoms with Crippen LogP contribution in [-0.2, 0) is 5.41 Å². The van der Waals surface area contributed by atoms with E-state index < -0.39 is 0 Å². The standard InChI is InChI=1S/C58H41N5/c1-58(2)50-27-13-12-26-48(50)49-36-47(32-33-51(49)58)57-62-55(41-20-10-5-11-21-41)61-56(63-57)46-25-15-23-44(35-46)43-22-14-24-45(34-43)53-37-52(40-18-8-4-9-19-40)59-54(60-53)42-30-28-39(29-31-42)38-16-6-3-7-17-38/h3-37H,1-2H3. The molecule has 5 heteroatoms. The predicted molar refractivity (Wildman–Crippen MR) is 256 cm³/mol. The molecule has 1 aliphatic rings. The molecule has 10 aromatic rings. The van der Waals surface area contributed by atoms with E-state index in [1.807, 2.05) is 54.6 Å². The highest BCUT2D eigenvalue weighted by Gasteiger charge is 2.35. The molecule has 0 radical (unpaired) electrons. The highest BCUT2D eigenvalue weighted by atomic mass is 15.0. The van der Waals surface area contributed by atoms with E-state index in [1.54, 1.807) is 0 Å². The van der Waals surface area contributed by atoms with Gasteiger partial charge >= 0.3 is 0 Å². The van der Waals surface area contributed by atoms with Gasteiger partial charge in [0.05, 0.1) is 11.4 Å². The maximum atomic E-state index is 5.18. The Balaban J connectivity index is 0.977. The summed E-state index contributed by atoms with van der Waals surface area (Å²) in [6.07, 6.45) is 0. The highest BCUT2D eigenvalue weighted by molar-refractivity contribution is 5.84. The smallest absolute Gasteiger partial charge is 0.164 e. The number of nitrogens with zero attached hydrogens (tertiary/aromatic N) is 5. The lowest BCUT2D eigenvalue weighted by Gasteiger charge is -2.21. The number of hydrogen-bond donors (Lipinski definition) is 0. The first-order valence-electron chi connectivity index (χ1n) is 21.3. The van der Waals surface area contributed by atoms with Crippen LogP contribution in [0.4, 0.5) is 0 Å². The van der Waals surface area contributed by atoms with Crippen molar-refractivity contribution >= 4 is 0 Å². The molecule has 298 valence electrons. The van der Waals surface area contributed by atoms with E-state index in [9.17, 15) is 0 Å². The van der Waals surface area contributed by atoms with Gasteiger partial charge in [-0.15, -0.1) is 0 Å². The predicted octanol–water partition coefficient (Wildman–Crippen LogP) is 14.3. The lowest BCUT2D eigenvalue weighted by molar-refractivity contribution is 0.660. The average molecular weight is 808 g/mol. The summed E-state index contributed by atoms with van der Waals surface area (Å²) in [4.78, 5) is 25.6. The van der Waals surface area contributed by atoms with E-state index in [-0.39, 0.29) is 5.41 Å². The van der Waals surface area contributed by atoms with Crippen LogP contribution in [0.5, 0.6) is 0 Å². The molecule has 2 aromatic heterocycles. The van der Waals surface area contributed by atoms with Gasteiger partial charge < -0.3 is 0 Å². The zero-order valence-electron chi connectivity index (χ0n) is 34.9. The minimum Gasteiger partial charge on any atom is -0.228 e. The Morgan fingerprint density at radius 3 is 1.32 bits per heavy atom. The van der Waals surface area contributed by atoms with Crippen molar-refractivity contribution in [2.24, 2.45) is 0 Å². The third-order valence-electron chi connectivity index (χ3n) is 12.2. The van der Waals surface area contributed by atoms with Crippen LogP contribution in [0.1, 0.15) is 25.0 Å². The molecule has 0 amide bonds. The van der Waals surface area contributed by atoms with Crippen LogP contribution < -0.4 is 0 Å². The molecular weight excluding hydrogens is 767 g/mol. The molecule has 11 rings (SSSR count). The van der Waals surface area contributed by atoms with Crippen LogP contribution >= 0.6 is 0 Å². The fourth-order valence-electron chi connectivity index (χ4n) is 8.83. The van der Waals surface area contributed by atoms with E-state index in [4.69, 9.17) is 24.9 Å². The van der Waals surface area contributed by atoms with Crippen LogP contribution in [0.15, 0.2) is 212 Å². The van der Waals surface area contributed by atoms with E-state index in [0.29, 0.717) is 23.3 Å². The Morgan fingerprint density at radius 2 is 0.651 bits per heavy atom. The van der Waals surface area contributed by atoms with Crippen molar-refractivity contribution in [1.82, 2.24) is 24.9 Å². The Labute approximate surface area is 367 Å². The molecule has 63 heavy (non-hydrogen) atoms. The fourth-order valence-corrected chi connectivity index (χ4v) is 8.83. The first-order valence-corrected chi connectivity index (χ1v) is 21.3. The van der Waals surface area contributed by atoms with Gasteiger partial charge in [-0.25, -0.2) is 24.9 Å². The summed E-state index contributed by atoms with van der Waals surface area (Å²) in [5, 5.41) is 0. The summed E-state index contributed by atoms with van der Waals surface area (Å²) < 4.78 is 0. The minimum atomic E-state index is -0.0866. The summed E-state index contributed by atoms with van der Waals surface area (Å²) in [5.74, 6) is 2.56. The van der Waals surface area contributed by atoms with Gasteiger partial charge in [-0.05, 0) is 68.8 Å². The molecule has 0 spiro atoms. The van der Waals surface area contributed by atoms with Crippen LogP contribution in [0, 0.1) is 0 Å². The highest BCUT2D eigenvalue weighted by Crippen LogP contribution is 2.49. The number of hydrogen-bond acceptors (Lipinski definition) is 5. The molecule has 0 N–H and O–H groups in total. The molecule has 0 saturated carbocycles. The molecule has 5 nitrogen and oxygen atoms in total. The van der Waals surface area contributed by atoms with Crippen molar-refractivity contribution < 1.29 is 0 Å². The van der Waals surface area contributed by atoms with Gasteiger partial charge in [-0.2, -0.15) is 0 Å². The average Bonchev–Trinajstić information content (AvgIpc) is 3.59. The van der Waals surface area contributed by atoms with Crippen molar-refractivity contribution in [3.63, 3.8) is 0 Å². The molecule has 0 atom stereocenters. The van der Waals surface area contributed by atoms with Gasteiger partial charge in [0.25, 0.3) is 0 Å². The monoisotopic (exact) mass is 807 g/mol. The number of benzene rings is 8. The van der Waals surface area contributed by atoms with E-state index in [2.05, 4.69) is 172 Å². The van der Waals surface area contributed by atoms with Gasteiger partial charge in [-0.3, -0.25) is 0 Å². The maximum Gasteiger partial charge on any atom is 0.164 e. The number of aromatic nitrogens is 5. The van der Waals surface area contributed by atoms with E-state index >= 15 is 0 Å². The lowest BCUT2D eigenvalue weighted by Crippen LogP contribution is -2.14. The van der Waals surface area contributed by atoms with Crippen molar-refractivity contribution in [1.29, 1.82) is 0 Å². The summed E-state index contributed by atoms with van der Waals surface area (Å²) in [6, 6.07) is 73.8. The van der Waals surface area contributed by atoms with Crippen molar-refractivity contribution in [3.05, 3.63) is 223 Å². The lowest BCUT2D eigenvalue weighted by atomic mass is 9.82. The Kier molecular flexibility index (Phi) is 9.43. The molecule has 2 heterocycles. The largest absolute Gasteiger partial charge is 0.228 e. The maximum absolute atomic E-state index is 5.18. The van der Waals surface area contributed by atoms with Gasteiger partial charge in [0.2, 0.25) is 0 Å². The van der Waals surface area contributed by atoms with Crippen LogP contribution in [-0.4, -0.2) is 24.9 Å². The van der Waals surface area contributed by atoms with Gasteiger partial charge in [0.1, 0.15) is 0 Å². The first kappa shape index (κ1) is 37.8. The number of fused-ring (bicyclic) bond motifs is 3. The Bertz CT molecular complexity index is 3290. The summed E-state index contributed by atoms with van der Waals surface area (Å²) in [6.45, 7) is 4.60. The number of rotatable bonds is 8. The van der Waals surface area contributed by atoms with Crippen LogP contribution in [0.25, 0.3) is 101 Å². The molecule has 8 aromatic carbocycles. The molecule has 1 aliphatic carbocycles. The summed E-state index contributed by atoms with van der Waals surface area (Å²) in [7, 11) is 0. The Morgan fingerprint density at radius 1 is 0.254 bits per heavy atom. The van der Waals surface area contributed by atoms with Gasteiger partial charge in [-0.1, -0.05) is 202 Å². The fraction of sp³-hybridized carbons (Fsp3) is 0.0517. The topological polar surface area (TPSA) is 64.5 Å². The van der Waals surface area contributed by atoms with E-state index in [1.165, 1.54) is 27.8 Å². The second kappa shape index (κ2) is 15.7. The van der Waals surface area contributed by atoms with Crippen molar-refractivity contribution in [2.45, 2.75) is 19.3 Å². The molecule has 0 bridgehead atoms. The molecule has 0 saturated heterocycles. The normalized spacial score (nSPS) is 12.4.